The van der Waals surface area contributed by atoms with E-state index in [1.54, 1.807) is 11.0 Å². The van der Waals surface area contributed by atoms with Crippen molar-refractivity contribution in [3.63, 3.8) is 0 Å². The van der Waals surface area contributed by atoms with Crippen LogP contribution in [-0.4, -0.2) is 19.1 Å². The number of benzene rings is 2. The minimum absolute atomic E-state index is 0.156. The molecule has 21 heavy (non-hydrogen) atoms. The monoisotopic (exact) mass is 285 g/mol. The first kappa shape index (κ1) is 14.1. The third kappa shape index (κ3) is 3.82. The minimum Gasteiger partial charge on any atom is -0.379 e. The quantitative estimate of drug-likeness (QED) is 0.882. The van der Waals surface area contributed by atoms with Crippen LogP contribution in [0.1, 0.15) is 18.4 Å². The van der Waals surface area contributed by atoms with Crippen LogP contribution in [0.5, 0.6) is 0 Å². The number of quaternary nitrogens is 1. The van der Waals surface area contributed by atoms with Gasteiger partial charge >= 0.3 is 0 Å². The maximum absolute atomic E-state index is 13.6. The smallest absolute Gasteiger partial charge is 0.146 e. The molecule has 2 nitrogen and oxygen atoms in total. The highest BCUT2D eigenvalue weighted by molar-refractivity contribution is 5.45. The van der Waals surface area contributed by atoms with E-state index in [4.69, 9.17) is 0 Å². The van der Waals surface area contributed by atoms with E-state index in [0.29, 0.717) is 11.7 Å². The number of piperidine rings is 1. The third-order valence-electron chi connectivity index (χ3n) is 4.22. The standard InChI is InChI=1S/C18H21FN2/c19-17-8-4-5-9-18(17)20-16-10-12-21(13-11-16)14-15-6-2-1-3-7-15/h1-9,16,20H,10-14H2/p+1. The number of rotatable bonds is 4. The summed E-state index contributed by atoms with van der Waals surface area (Å²) in [5.74, 6) is -0.156. The highest BCUT2D eigenvalue weighted by atomic mass is 19.1. The van der Waals surface area contributed by atoms with Gasteiger partial charge in [-0.3, -0.25) is 0 Å². The Kier molecular flexibility index (Phi) is 4.51. The number of anilines is 1. The summed E-state index contributed by atoms with van der Waals surface area (Å²) < 4.78 is 13.6. The maximum Gasteiger partial charge on any atom is 0.146 e. The number of hydrogen-bond donors (Lipinski definition) is 2. The lowest BCUT2D eigenvalue weighted by atomic mass is 10.0. The van der Waals surface area contributed by atoms with E-state index >= 15 is 0 Å². The van der Waals surface area contributed by atoms with Gasteiger partial charge in [-0.05, 0) is 12.1 Å². The first-order chi connectivity index (χ1) is 10.3. The van der Waals surface area contributed by atoms with Crippen LogP contribution in [0.15, 0.2) is 54.6 Å². The van der Waals surface area contributed by atoms with E-state index in [1.165, 1.54) is 11.6 Å². The molecular weight excluding hydrogens is 263 g/mol. The molecule has 2 aromatic carbocycles. The highest BCUT2D eigenvalue weighted by Crippen LogP contribution is 2.16. The molecular formula is C18H22FN2+. The molecule has 0 unspecified atom stereocenters. The summed E-state index contributed by atoms with van der Waals surface area (Å²) in [6.07, 6.45) is 2.19. The normalized spacial score (nSPS) is 22.0. The minimum atomic E-state index is -0.156. The SMILES string of the molecule is Fc1ccccc1NC1CC[NH+](Cc2ccccc2)CC1. The fraction of sp³-hybridized carbons (Fsp3) is 0.333. The molecule has 0 bridgehead atoms. The fourth-order valence-electron chi connectivity index (χ4n) is 3.03. The van der Waals surface area contributed by atoms with Gasteiger partial charge in [-0.15, -0.1) is 0 Å². The molecule has 0 aliphatic carbocycles. The van der Waals surface area contributed by atoms with E-state index in [2.05, 4.69) is 35.6 Å². The van der Waals surface area contributed by atoms with Crippen LogP contribution < -0.4 is 10.2 Å². The van der Waals surface area contributed by atoms with Crippen LogP contribution >= 0.6 is 0 Å². The molecule has 0 spiro atoms. The first-order valence-corrected chi connectivity index (χ1v) is 7.70. The third-order valence-corrected chi connectivity index (χ3v) is 4.22. The van der Waals surface area contributed by atoms with E-state index in [0.717, 1.165) is 32.5 Å². The van der Waals surface area contributed by atoms with Crippen LogP contribution in [0.4, 0.5) is 10.1 Å². The number of para-hydroxylation sites is 1. The van der Waals surface area contributed by atoms with E-state index in [1.807, 2.05) is 12.1 Å². The van der Waals surface area contributed by atoms with Crippen molar-refractivity contribution >= 4 is 5.69 Å². The van der Waals surface area contributed by atoms with Crippen LogP contribution in [-0.2, 0) is 6.54 Å². The molecule has 1 saturated heterocycles. The summed E-state index contributed by atoms with van der Waals surface area (Å²) in [4.78, 5) is 1.62. The first-order valence-electron chi connectivity index (χ1n) is 7.70. The van der Waals surface area contributed by atoms with Gasteiger partial charge in [0.15, 0.2) is 0 Å². The average molecular weight is 285 g/mol. The molecule has 0 atom stereocenters. The number of hydrogen-bond acceptors (Lipinski definition) is 1. The Morgan fingerprint density at radius 1 is 0.952 bits per heavy atom. The summed E-state index contributed by atoms with van der Waals surface area (Å²) in [5, 5.41) is 3.35. The zero-order valence-corrected chi connectivity index (χ0v) is 12.2. The highest BCUT2D eigenvalue weighted by Gasteiger charge is 2.22. The molecule has 3 rings (SSSR count). The lowest BCUT2D eigenvalue weighted by Gasteiger charge is -2.30. The largest absolute Gasteiger partial charge is 0.379 e. The summed E-state index contributed by atoms with van der Waals surface area (Å²) in [5.41, 5.74) is 2.03. The van der Waals surface area contributed by atoms with Crippen LogP contribution in [0.2, 0.25) is 0 Å². The van der Waals surface area contributed by atoms with Gasteiger partial charge in [0, 0.05) is 24.4 Å². The van der Waals surface area contributed by atoms with Crippen LogP contribution in [0, 0.1) is 5.82 Å². The second-order valence-corrected chi connectivity index (χ2v) is 5.81. The molecule has 0 aromatic heterocycles. The van der Waals surface area contributed by atoms with Crippen molar-refractivity contribution in [2.45, 2.75) is 25.4 Å². The molecule has 1 heterocycles. The van der Waals surface area contributed by atoms with E-state index in [9.17, 15) is 4.39 Å². The molecule has 1 fully saturated rings. The van der Waals surface area contributed by atoms with Crippen molar-refractivity contribution in [2.24, 2.45) is 0 Å². The van der Waals surface area contributed by atoms with Crippen molar-refractivity contribution in [1.82, 2.24) is 0 Å². The Hall–Kier alpha value is -1.87. The summed E-state index contributed by atoms with van der Waals surface area (Å²) in [6.45, 7) is 3.37. The molecule has 110 valence electrons. The molecule has 0 amide bonds. The topological polar surface area (TPSA) is 16.5 Å². The summed E-state index contributed by atoms with van der Waals surface area (Å²) in [6, 6.07) is 18.0. The molecule has 0 saturated carbocycles. The summed E-state index contributed by atoms with van der Waals surface area (Å²) in [7, 11) is 0. The molecule has 1 aliphatic heterocycles. The number of halogens is 1. The van der Waals surface area contributed by atoms with Gasteiger partial charge in [-0.2, -0.15) is 0 Å². The zero-order chi connectivity index (χ0) is 14.5. The molecule has 3 heteroatoms. The van der Waals surface area contributed by atoms with Crippen molar-refractivity contribution < 1.29 is 9.29 Å². The van der Waals surface area contributed by atoms with E-state index in [-0.39, 0.29) is 5.82 Å². The van der Waals surface area contributed by atoms with Gasteiger partial charge in [0.1, 0.15) is 12.4 Å². The molecule has 0 radical (unpaired) electrons. The van der Waals surface area contributed by atoms with Crippen LogP contribution in [0.25, 0.3) is 0 Å². The summed E-state index contributed by atoms with van der Waals surface area (Å²) >= 11 is 0. The van der Waals surface area contributed by atoms with Crippen molar-refractivity contribution in [1.29, 1.82) is 0 Å². The Labute approximate surface area is 125 Å². The number of nitrogens with one attached hydrogen (secondary N) is 2. The second-order valence-electron chi connectivity index (χ2n) is 5.81. The Bertz CT molecular complexity index is 562. The van der Waals surface area contributed by atoms with Crippen LogP contribution in [0.3, 0.4) is 0 Å². The van der Waals surface area contributed by atoms with Crippen molar-refractivity contribution in [3.05, 3.63) is 66.0 Å². The second kappa shape index (κ2) is 6.72. The van der Waals surface area contributed by atoms with Gasteiger partial charge in [0.2, 0.25) is 0 Å². The lowest BCUT2D eigenvalue weighted by Crippen LogP contribution is -3.12. The Morgan fingerprint density at radius 2 is 1.62 bits per heavy atom. The molecule has 2 N–H and O–H groups in total. The molecule has 2 aromatic rings. The van der Waals surface area contributed by atoms with E-state index < -0.39 is 0 Å². The maximum atomic E-state index is 13.6. The predicted octanol–water partition coefficient (Wildman–Crippen LogP) is 2.49. The Morgan fingerprint density at radius 3 is 2.33 bits per heavy atom. The lowest BCUT2D eigenvalue weighted by molar-refractivity contribution is -0.918. The van der Waals surface area contributed by atoms with Crippen molar-refractivity contribution in [3.8, 4) is 0 Å². The Balaban J connectivity index is 1.50. The van der Waals surface area contributed by atoms with Gasteiger partial charge < -0.3 is 10.2 Å². The van der Waals surface area contributed by atoms with Gasteiger partial charge in [-0.25, -0.2) is 4.39 Å². The van der Waals surface area contributed by atoms with Gasteiger partial charge in [-0.1, -0.05) is 42.5 Å². The average Bonchev–Trinajstić information content (AvgIpc) is 2.52. The van der Waals surface area contributed by atoms with Gasteiger partial charge in [0.05, 0.1) is 18.8 Å². The number of likely N-dealkylation sites (tertiary alicyclic amines) is 1. The van der Waals surface area contributed by atoms with Gasteiger partial charge in [0.25, 0.3) is 0 Å². The predicted molar refractivity (Wildman–Crippen MR) is 83.9 cm³/mol. The zero-order valence-electron chi connectivity index (χ0n) is 12.2. The fourth-order valence-corrected chi connectivity index (χ4v) is 3.03. The van der Waals surface area contributed by atoms with Crippen molar-refractivity contribution in [2.75, 3.05) is 18.4 Å². The molecule has 1 aliphatic rings.